The van der Waals surface area contributed by atoms with Crippen LogP contribution in [0.1, 0.15) is 131 Å². The Balaban J connectivity index is -0.00000312. The molecule has 0 rings (SSSR count). The average Bonchev–Trinajstić information content (AvgIpc) is 2.61. The van der Waals surface area contributed by atoms with Gasteiger partial charge in [-0.1, -0.05) is 98.8 Å². The van der Waals surface area contributed by atoms with Crippen LogP contribution in [0.4, 0.5) is 0 Å². The molecule has 1 unspecified atom stereocenters. The summed E-state index contributed by atoms with van der Waals surface area (Å²) in [6, 6.07) is 0. The Morgan fingerprint density at radius 2 is 1.14 bits per heavy atom. The molecule has 0 aliphatic heterocycles. The Morgan fingerprint density at radius 1 is 0.714 bits per heavy atom. The molecular weight excluding hydrogens is 352 g/mol. The SMILES string of the molecule is C.C.CCC(CCCCCCCCCC(=O)OOC)CCCCCCC(C)=O. The van der Waals surface area contributed by atoms with E-state index in [-0.39, 0.29) is 20.8 Å². The van der Waals surface area contributed by atoms with Crippen LogP contribution >= 0.6 is 0 Å². The number of ketones is 1. The largest absolute Gasteiger partial charge is 0.342 e. The third-order valence-electron chi connectivity index (χ3n) is 5.14. The lowest BCUT2D eigenvalue weighted by Gasteiger charge is -2.14. The minimum absolute atomic E-state index is 0. The van der Waals surface area contributed by atoms with E-state index in [9.17, 15) is 9.59 Å². The van der Waals surface area contributed by atoms with E-state index < -0.39 is 0 Å². The molecule has 0 bridgehead atoms. The topological polar surface area (TPSA) is 52.6 Å². The van der Waals surface area contributed by atoms with Gasteiger partial charge in [0.05, 0.1) is 7.11 Å². The number of hydrogen-bond donors (Lipinski definition) is 0. The van der Waals surface area contributed by atoms with Crippen LogP contribution in [0.15, 0.2) is 0 Å². The lowest BCUT2D eigenvalue weighted by molar-refractivity contribution is -0.255. The van der Waals surface area contributed by atoms with E-state index in [0.717, 1.165) is 31.6 Å². The fourth-order valence-corrected chi connectivity index (χ4v) is 3.43. The van der Waals surface area contributed by atoms with Crippen LogP contribution in [-0.2, 0) is 19.4 Å². The second kappa shape index (κ2) is 24.1. The molecule has 0 amide bonds. The molecule has 0 aromatic carbocycles. The second-order valence-electron chi connectivity index (χ2n) is 7.56. The van der Waals surface area contributed by atoms with Crippen molar-refractivity contribution in [1.29, 1.82) is 0 Å². The van der Waals surface area contributed by atoms with Crippen molar-refractivity contribution in [2.75, 3.05) is 7.11 Å². The van der Waals surface area contributed by atoms with E-state index in [1.807, 2.05) is 0 Å². The van der Waals surface area contributed by atoms with Crippen molar-refractivity contribution in [2.45, 2.75) is 131 Å². The van der Waals surface area contributed by atoms with Crippen molar-refractivity contribution >= 4 is 11.8 Å². The van der Waals surface area contributed by atoms with Crippen molar-refractivity contribution in [2.24, 2.45) is 5.92 Å². The zero-order valence-electron chi connectivity index (χ0n) is 17.5. The smallest absolute Gasteiger partial charge is 0.300 e. The van der Waals surface area contributed by atoms with Crippen LogP contribution in [0.2, 0.25) is 0 Å². The van der Waals surface area contributed by atoms with Crippen molar-refractivity contribution < 1.29 is 19.4 Å². The standard InChI is InChI=1S/C22H42O4.2CH4/c1-4-21(18-14-11-10-12-16-20(2)23)17-13-8-6-5-7-9-15-19-22(24)26-25-3;;/h21H,4-19H2,1-3H3;2*1H4. The third kappa shape index (κ3) is 23.1. The Labute approximate surface area is 176 Å². The van der Waals surface area contributed by atoms with Gasteiger partial charge < -0.3 is 4.79 Å². The zero-order chi connectivity index (χ0) is 19.5. The van der Waals surface area contributed by atoms with Crippen LogP contribution in [0.3, 0.4) is 0 Å². The van der Waals surface area contributed by atoms with E-state index >= 15 is 0 Å². The number of hydrogen-bond acceptors (Lipinski definition) is 4. The lowest BCUT2D eigenvalue weighted by Crippen LogP contribution is -2.02. The van der Waals surface area contributed by atoms with Crippen LogP contribution in [0.5, 0.6) is 0 Å². The molecule has 0 radical (unpaired) electrons. The summed E-state index contributed by atoms with van der Waals surface area (Å²) in [5.74, 6) is 0.941. The molecule has 0 saturated heterocycles. The van der Waals surface area contributed by atoms with Gasteiger partial charge in [-0.05, 0) is 25.7 Å². The first kappa shape index (κ1) is 31.8. The van der Waals surface area contributed by atoms with E-state index in [0.29, 0.717) is 12.2 Å². The first-order valence-corrected chi connectivity index (χ1v) is 10.8. The number of carbonyl (C=O) groups excluding carboxylic acids is 2. The summed E-state index contributed by atoms with van der Waals surface area (Å²) in [6.45, 7) is 4.00. The van der Waals surface area contributed by atoms with Crippen LogP contribution in [0, 0.1) is 5.92 Å². The van der Waals surface area contributed by atoms with Gasteiger partial charge in [-0.3, -0.25) is 4.89 Å². The highest BCUT2D eigenvalue weighted by molar-refractivity contribution is 5.75. The molecule has 0 aromatic heterocycles. The van der Waals surface area contributed by atoms with Crippen LogP contribution < -0.4 is 0 Å². The van der Waals surface area contributed by atoms with Crippen molar-refractivity contribution in [3.63, 3.8) is 0 Å². The number of unbranched alkanes of at least 4 members (excludes halogenated alkanes) is 9. The second-order valence-corrected chi connectivity index (χ2v) is 7.56. The summed E-state index contributed by atoms with van der Waals surface area (Å²) in [5, 5.41) is 0. The molecule has 1 atom stereocenters. The van der Waals surface area contributed by atoms with Crippen LogP contribution in [-0.4, -0.2) is 18.9 Å². The molecule has 0 aromatic rings. The maximum absolute atomic E-state index is 11.1. The van der Waals surface area contributed by atoms with E-state index in [1.165, 1.54) is 77.7 Å². The summed E-state index contributed by atoms with van der Waals surface area (Å²) < 4.78 is 0. The van der Waals surface area contributed by atoms with E-state index in [1.54, 1.807) is 6.92 Å². The molecule has 0 aliphatic rings. The Bertz CT molecular complexity index is 341. The normalized spacial score (nSPS) is 11.2. The number of Topliss-reactive ketones (excluding diaryl/α,β-unsaturated/α-hetero) is 1. The van der Waals surface area contributed by atoms with Gasteiger partial charge in [0.2, 0.25) is 0 Å². The van der Waals surface area contributed by atoms with Crippen molar-refractivity contribution in [3.8, 4) is 0 Å². The molecule has 4 nitrogen and oxygen atoms in total. The quantitative estimate of drug-likeness (QED) is 0.125. The Kier molecular flexibility index (Phi) is 27.4. The maximum atomic E-state index is 11.1. The molecular formula is C24H50O4. The summed E-state index contributed by atoms with van der Waals surface area (Å²) >= 11 is 0. The molecule has 0 heterocycles. The van der Waals surface area contributed by atoms with Crippen LogP contribution in [0.25, 0.3) is 0 Å². The van der Waals surface area contributed by atoms with Gasteiger partial charge in [0.25, 0.3) is 0 Å². The number of rotatable bonds is 19. The summed E-state index contributed by atoms with van der Waals surface area (Å²) in [6.07, 6.45) is 18.6. The number of carbonyl (C=O) groups is 2. The summed E-state index contributed by atoms with van der Waals surface area (Å²) in [7, 11) is 1.36. The molecule has 4 heteroatoms. The minimum Gasteiger partial charge on any atom is -0.300 e. The highest BCUT2D eigenvalue weighted by Crippen LogP contribution is 2.21. The fourth-order valence-electron chi connectivity index (χ4n) is 3.43. The molecule has 170 valence electrons. The first-order valence-electron chi connectivity index (χ1n) is 10.8. The minimum atomic E-state index is -0.267. The molecule has 0 N–H and O–H groups in total. The fraction of sp³-hybridized carbons (Fsp3) is 0.917. The highest BCUT2D eigenvalue weighted by atomic mass is 17.2. The molecule has 0 fully saturated rings. The predicted octanol–water partition coefficient (Wildman–Crippen LogP) is 7.83. The molecule has 0 spiro atoms. The highest BCUT2D eigenvalue weighted by Gasteiger charge is 2.06. The van der Waals surface area contributed by atoms with Gasteiger partial charge in [0, 0.05) is 12.8 Å². The van der Waals surface area contributed by atoms with E-state index in [4.69, 9.17) is 0 Å². The first-order chi connectivity index (χ1) is 12.6. The molecule has 28 heavy (non-hydrogen) atoms. The Hall–Kier alpha value is -0.900. The third-order valence-corrected chi connectivity index (χ3v) is 5.14. The van der Waals surface area contributed by atoms with Crippen molar-refractivity contribution in [3.05, 3.63) is 0 Å². The zero-order valence-corrected chi connectivity index (χ0v) is 17.5. The van der Waals surface area contributed by atoms with E-state index in [2.05, 4.69) is 16.7 Å². The Morgan fingerprint density at radius 3 is 1.57 bits per heavy atom. The predicted molar refractivity (Wildman–Crippen MR) is 120 cm³/mol. The average molecular weight is 403 g/mol. The molecule has 0 saturated carbocycles. The lowest BCUT2D eigenvalue weighted by atomic mass is 9.92. The summed E-state index contributed by atoms with van der Waals surface area (Å²) in [4.78, 5) is 30.8. The summed E-state index contributed by atoms with van der Waals surface area (Å²) in [5.41, 5.74) is 0. The van der Waals surface area contributed by atoms with Gasteiger partial charge in [-0.2, -0.15) is 4.89 Å². The van der Waals surface area contributed by atoms with Crippen molar-refractivity contribution in [1.82, 2.24) is 0 Å². The maximum Gasteiger partial charge on any atom is 0.342 e. The molecule has 0 aliphatic carbocycles. The van der Waals surface area contributed by atoms with Gasteiger partial charge in [0.1, 0.15) is 5.78 Å². The van der Waals surface area contributed by atoms with Gasteiger partial charge in [-0.25, -0.2) is 4.79 Å². The monoisotopic (exact) mass is 402 g/mol. The van der Waals surface area contributed by atoms with Gasteiger partial charge >= 0.3 is 5.97 Å². The van der Waals surface area contributed by atoms with Gasteiger partial charge in [-0.15, -0.1) is 0 Å². The van der Waals surface area contributed by atoms with Gasteiger partial charge in [0.15, 0.2) is 0 Å².